The number of hydrogen-bond acceptors (Lipinski definition) is 4. The van der Waals surface area contributed by atoms with Crippen LogP contribution in [0.3, 0.4) is 0 Å². The van der Waals surface area contributed by atoms with Gasteiger partial charge in [-0.25, -0.2) is 9.50 Å². The fourth-order valence-corrected chi connectivity index (χ4v) is 3.05. The Bertz CT molecular complexity index is 854. The number of pyridine rings is 1. The minimum absolute atomic E-state index is 0.550. The summed E-state index contributed by atoms with van der Waals surface area (Å²) in [6.45, 7) is 7.58. The number of rotatable bonds is 6. The van der Waals surface area contributed by atoms with Crippen LogP contribution in [-0.2, 0) is 24.3 Å². The Kier molecular flexibility index (Phi) is 4.81. The molecule has 0 fully saturated rings. The number of nitrogens with zero attached hydrogens (tertiary/aromatic N) is 3. The van der Waals surface area contributed by atoms with Gasteiger partial charge in [-0.1, -0.05) is 25.1 Å². The predicted octanol–water partition coefficient (Wildman–Crippen LogP) is 3.67. The summed E-state index contributed by atoms with van der Waals surface area (Å²) in [4.78, 5) is 4.54. The number of aromatic nitrogens is 3. The summed E-state index contributed by atoms with van der Waals surface area (Å²) in [7, 11) is 1.70. The smallest absolute Gasteiger partial charge is 0.178 e. The monoisotopic (exact) mass is 324 g/mol. The summed E-state index contributed by atoms with van der Waals surface area (Å²) in [5, 5.41) is 7.99. The standard InChI is InChI=1S/C19H24N4O/c1-5-16-8-6-7-13(2)17(16)10-20-18-9-15(12-24-4)11-23-19(18)21-14(3)22-23/h6-9,11,20H,5,10,12H2,1-4H3. The lowest BCUT2D eigenvalue weighted by molar-refractivity contribution is 0.184. The number of nitrogens with one attached hydrogen (secondary N) is 1. The number of ether oxygens (including phenoxy) is 1. The molecule has 0 bridgehead atoms. The highest BCUT2D eigenvalue weighted by Gasteiger charge is 2.10. The maximum atomic E-state index is 5.27. The predicted molar refractivity (Wildman–Crippen MR) is 96.3 cm³/mol. The Morgan fingerprint density at radius 1 is 1.25 bits per heavy atom. The van der Waals surface area contributed by atoms with Crippen molar-refractivity contribution >= 4 is 11.3 Å². The SMILES string of the molecule is CCc1cccc(C)c1CNc1cc(COC)cn2nc(C)nc12. The average Bonchev–Trinajstić information content (AvgIpc) is 2.94. The Morgan fingerprint density at radius 3 is 2.83 bits per heavy atom. The Labute approximate surface area is 142 Å². The van der Waals surface area contributed by atoms with Gasteiger partial charge in [-0.15, -0.1) is 0 Å². The summed E-state index contributed by atoms with van der Waals surface area (Å²) in [5.74, 6) is 0.762. The molecule has 1 N–H and O–H groups in total. The van der Waals surface area contributed by atoms with Gasteiger partial charge in [0.1, 0.15) is 5.82 Å². The van der Waals surface area contributed by atoms with E-state index in [1.54, 1.807) is 7.11 Å². The van der Waals surface area contributed by atoms with E-state index < -0.39 is 0 Å². The van der Waals surface area contributed by atoms with E-state index in [4.69, 9.17) is 4.74 Å². The summed E-state index contributed by atoms with van der Waals surface area (Å²) >= 11 is 0. The molecule has 0 aliphatic carbocycles. The minimum Gasteiger partial charge on any atom is -0.380 e. The maximum Gasteiger partial charge on any atom is 0.178 e. The molecule has 0 radical (unpaired) electrons. The fourth-order valence-electron chi connectivity index (χ4n) is 3.05. The number of benzene rings is 1. The molecule has 0 unspecified atom stereocenters. The molecule has 0 amide bonds. The van der Waals surface area contributed by atoms with Crippen molar-refractivity contribution in [1.29, 1.82) is 0 Å². The minimum atomic E-state index is 0.550. The second-order valence-electron chi connectivity index (χ2n) is 6.04. The van der Waals surface area contributed by atoms with Crippen molar-refractivity contribution < 1.29 is 4.74 Å². The van der Waals surface area contributed by atoms with E-state index in [1.165, 1.54) is 16.7 Å². The molecule has 0 aliphatic heterocycles. The summed E-state index contributed by atoms with van der Waals surface area (Å²) in [6, 6.07) is 8.57. The molecule has 3 aromatic rings. The van der Waals surface area contributed by atoms with Crippen LogP contribution in [0.15, 0.2) is 30.5 Å². The van der Waals surface area contributed by atoms with Crippen LogP contribution in [0.2, 0.25) is 0 Å². The zero-order chi connectivity index (χ0) is 17.1. The van der Waals surface area contributed by atoms with Gasteiger partial charge in [0.15, 0.2) is 5.65 Å². The van der Waals surface area contributed by atoms with Gasteiger partial charge in [-0.2, -0.15) is 5.10 Å². The van der Waals surface area contributed by atoms with Crippen molar-refractivity contribution in [3.63, 3.8) is 0 Å². The molecule has 2 aromatic heterocycles. The first kappa shape index (κ1) is 16.5. The molecule has 0 saturated heterocycles. The summed E-state index contributed by atoms with van der Waals surface area (Å²) in [5.41, 5.74) is 6.94. The van der Waals surface area contributed by atoms with Gasteiger partial charge >= 0.3 is 0 Å². The average molecular weight is 324 g/mol. The molecule has 0 atom stereocenters. The van der Waals surface area contributed by atoms with Crippen LogP contribution in [-0.4, -0.2) is 21.7 Å². The number of hydrogen-bond donors (Lipinski definition) is 1. The fraction of sp³-hybridized carbons (Fsp3) is 0.368. The molecule has 2 heterocycles. The normalized spacial score (nSPS) is 11.2. The highest BCUT2D eigenvalue weighted by atomic mass is 16.5. The van der Waals surface area contributed by atoms with Gasteiger partial charge in [0, 0.05) is 19.9 Å². The third-order valence-corrected chi connectivity index (χ3v) is 4.25. The lowest BCUT2D eigenvalue weighted by Gasteiger charge is -2.14. The zero-order valence-electron chi connectivity index (χ0n) is 14.8. The molecule has 3 rings (SSSR count). The van der Waals surface area contributed by atoms with Crippen LogP contribution >= 0.6 is 0 Å². The van der Waals surface area contributed by atoms with E-state index in [9.17, 15) is 0 Å². The third kappa shape index (κ3) is 3.26. The lowest BCUT2D eigenvalue weighted by Crippen LogP contribution is -2.07. The maximum absolute atomic E-state index is 5.27. The van der Waals surface area contributed by atoms with E-state index in [0.717, 1.165) is 35.7 Å². The van der Waals surface area contributed by atoms with Crippen molar-refractivity contribution in [3.05, 3.63) is 58.5 Å². The molecule has 0 spiro atoms. The second-order valence-corrected chi connectivity index (χ2v) is 6.04. The second kappa shape index (κ2) is 7.01. The molecule has 5 nitrogen and oxygen atoms in total. The van der Waals surface area contributed by atoms with Gasteiger partial charge in [-0.05, 0) is 48.6 Å². The van der Waals surface area contributed by atoms with Gasteiger partial charge in [-0.3, -0.25) is 0 Å². The first-order valence-electron chi connectivity index (χ1n) is 8.28. The lowest BCUT2D eigenvalue weighted by atomic mass is 10.00. The van der Waals surface area contributed by atoms with Crippen LogP contribution in [0.4, 0.5) is 5.69 Å². The Hall–Kier alpha value is -2.40. The van der Waals surface area contributed by atoms with Crippen LogP contribution in [0.25, 0.3) is 5.65 Å². The van der Waals surface area contributed by atoms with E-state index in [-0.39, 0.29) is 0 Å². The van der Waals surface area contributed by atoms with E-state index in [1.807, 2.05) is 17.6 Å². The third-order valence-electron chi connectivity index (χ3n) is 4.25. The zero-order valence-corrected chi connectivity index (χ0v) is 14.8. The summed E-state index contributed by atoms with van der Waals surface area (Å²) < 4.78 is 7.09. The van der Waals surface area contributed by atoms with Gasteiger partial charge in [0.2, 0.25) is 0 Å². The highest BCUT2D eigenvalue weighted by molar-refractivity contribution is 5.68. The quantitative estimate of drug-likeness (QED) is 0.752. The van der Waals surface area contributed by atoms with E-state index in [0.29, 0.717) is 6.61 Å². The van der Waals surface area contributed by atoms with Gasteiger partial charge < -0.3 is 10.1 Å². The number of fused-ring (bicyclic) bond motifs is 1. The molecule has 0 saturated carbocycles. The summed E-state index contributed by atoms with van der Waals surface area (Å²) in [6.07, 6.45) is 3.00. The van der Waals surface area contributed by atoms with E-state index in [2.05, 4.69) is 53.5 Å². The van der Waals surface area contributed by atoms with Crippen molar-refractivity contribution in [2.45, 2.75) is 40.3 Å². The van der Waals surface area contributed by atoms with Gasteiger partial charge in [0.25, 0.3) is 0 Å². The molecule has 5 heteroatoms. The first-order valence-corrected chi connectivity index (χ1v) is 8.28. The van der Waals surface area contributed by atoms with Crippen LogP contribution in [0.5, 0.6) is 0 Å². The Morgan fingerprint density at radius 2 is 2.08 bits per heavy atom. The van der Waals surface area contributed by atoms with Gasteiger partial charge in [0.05, 0.1) is 12.3 Å². The van der Waals surface area contributed by atoms with Crippen molar-refractivity contribution in [2.24, 2.45) is 0 Å². The number of anilines is 1. The topological polar surface area (TPSA) is 51.5 Å². The Balaban J connectivity index is 1.95. The largest absolute Gasteiger partial charge is 0.380 e. The molecular weight excluding hydrogens is 300 g/mol. The number of methoxy groups -OCH3 is 1. The molecule has 126 valence electrons. The van der Waals surface area contributed by atoms with Crippen molar-refractivity contribution in [1.82, 2.24) is 14.6 Å². The molecule has 24 heavy (non-hydrogen) atoms. The van der Waals surface area contributed by atoms with Crippen molar-refractivity contribution in [2.75, 3.05) is 12.4 Å². The molecule has 1 aromatic carbocycles. The van der Waals surface area contributed by atoms with Crippen LogP contribution < -0.4 is 5.32 Å². The van der Waals surface area contributed by atoms with Crippen LogP contribution in [0, 0.1) is 13.8 Å². The molecular formula is C19H24N4O. The first-order chi connectivity index (χ1) is 11.6. The van der Waals surface area contributed by atoms with Crippen molar-refractivity contribution in [3.8, 4) is 0 Å². The van der Waals surface area contributed by atoms with Crippen LogP contribution in [0.1, 0.15) is 35.0 Å². The number of aryl methyl sites for hydroxylation is 3. The highest BCUT2D eigenvalue weighted by Crippen LogP contribution is 2.21. The van der Waals surface area contributed by atoms with E-state index >= 15 is 0 Å². The molecule has 0 aliphatic rings.